The Kier molecular flexibility index (Phi) is 26.3. The van der Waals surface area contributed by atoms with Gasteiger partial charge in [0.25, 0.3) is 0 Å². The quantitative estimate of drug-likeness (QED) is 0.508. The Morgan fingerprint density at radius 2 is 1.74 bits per heavy atom. The van der Waals surface area contributed by atoms with Crippen molar-refractivity contribution in [2.45, 2.75) is 47.0 Å². The Balaban J connectivity index is -0.000000579. The first-order valence-corrected chi connectivity index (χ1v) is 6.99. The van der Waals surface area contributed by atoms with Gasteiger partial charge in [0, 0.05) is 13.0 Å². The third-order valence-electron chi connectivity index (χ3n) is 1.75. The number of amides is 1. The minimum Gasteiger partial charge on any atom is -0.381 e. The third-order valence-corrected chi connectivity index (χ3v) is 1.75. The van der Waals surface area contributed by atoms with Gasteiger partial charge in [-0.05, 0) is 12.8 Å². The number of allylic oxidation sites excluding steroid dienone is 3. The molecule has 0 unspecified atom stereocenters. The van der Waals surface area contributed by atoms with E-state index in [1.165, 1.54) is 0 Å². The number of carbonyl (C=O) groups is 1. The average molecular weight is 269 g/mol. The Bertz CT molecular complexity index is 245. The summed E-state index contributed by atoms with van der Waals surface area (Å²) < 4.78 is 5.31. The van der Waals surface area contributed by atoms with Crippen molar-refractivity contribution in [3.8, 4) is 0 Å². The second-order valence-corrected chi connectivity index (χ2v) is 3.19. The molecule has 1 amide bonds. The number of carbonyl (C=O) groups excluding carboxylic acids is 1. The summed E-state index contributed by atoms with van der Waals surface area (Å²) in [5.41, 5.74) is 5.99. The average Bonchev–Trinajstić information content (AvgIpc) is 2.44. The van der Waals surface area contributed by atoms with E-state index in [-0.39, 0.29) is 5.91 Å². The summed E-state index contributed by atoms with van der Waals surface area (Å²) in [5.74, 6) is -0.281. The van der Waals surface area contributed by atoms with Crippen LogP contribution in [-0.4, -0.2) is 19.1 Å². The van der Waals surface area contributed by atoms with Gasteiger partial charge in [0.15, 0.2) is 0 Å². The van der Waals surface area contributed by atoms with E-state index in [1.54, 1.807) is 6.08 Å². The molecule has 0 aliphatic rings. The second-order valence-electron chi connectivity index (χ2n) is 3.19. The highest BCUT2D eigenvalue weighted by atomic mass is 16.5. The summed E-state index contributed by atoms with van der Waals surface area (Å²) in [4.78, 5) is 10.4. The van der Waals surface area contributed by atoms with Crippen LogP contribution in [0.5, 0.6) is 0 Å². The molecule has 19 heavy (non-hydrogen) atoms. The van der Waals surface area contributed by atoms with Gasteiger partial charge < -0.3 is 10.5 Å². The van der Waals surface area contributed by atoms with Crippen molar-refractivity contribution in [3.63, 3.8) is 0 Å². The maximum Gasteiger partial charge on any atom is 0.217 e. The highest BCUT2D eigenvalue weighted by Crippen LogP contribution is 2.01. The number of ether oxygens (including phenoxy) is 1. The topological polar surface area (TPSA) is 52.3 Å². The van der Waals surface area contributed by atoms with Gasteiger partial charge in [-0.2, -0.15) is 0 Å². The van der Waals surface area contributed by atoms with Crippen LogP contribution in [0, 0.1) is 0 Å². The SMILES string of the molecule is C=C/C=C\C(=C)CCOCCCC(N)=O.CC.CC. The predicted molar refractivity (Wildman–Crippen MR) is 85.0 cm³/mol. The second kappa shape index (κ2) is 21.9. The standard InChI is InChI=1S/C12H19NO2.2C2H6/c1-3-4-6-11(2)8-10-15-9-5-7-12(13)14;2*1-2/h3-4,6H,1-2,5,7-10H2,(H2,13,14);2*1-2H3/b6-4-;;. The van der Waals surface area contributed by atoms with Gasteiger partial charge in [-0.3, -0.25) is 4.79 Å². The van der Waals surface area contributed by atoms with E-state index in [0.29, 0.717) is 26.1 Å². The van der Waals surface area contributed by atoms with Gasteiger partial charge in [0.05, 0.1) is 6.61 Å². The Hall–Kier alpha value is -1.35. The van der Waals surface area contributed by atoms with E-state index < -0.39 is 0 Å². The lowest BCUT2D eigenvalue weighted by Crippen LogP contribution is -2.11. The van der Waals surface area contributed by atoms with Crippen LogP contribution in [0.15, 0.2) is 37.0 Å². The van der Waals surface area contributed by atoms with Crippen molar-refractivity contribution in [2.75, 3.05) is 13.2 Å². The summed E-state index contributed by atoms with van der Waals surface area (Å²) in [6.45, 7) is 16.6. The van der Waals surface area contributed by atoms with Crippen molar-refractivity contribution in [3.05, 3.63) is 37.0 Å². The molecule has 0 aromatic rings. The molecule has 112 valence electrons. The zero-order valence-corrected chi connectivity index (χ0v) is 13.1. The van der Waals surface area contributed by atoms with Crippen LogP contribution in [0.3, 0.4) is 0 Å². The van der Waals surface area contributed by atoms with E-state index in [0.717, 1.165) is 12.0 Å². The number of rotatable bonds is 9. The number of nitrogens with two attached hydrogens (primary N) is 1. The van der Waals surface area contributed by atoms with E-state index in [1.807, 2.05) is 39.8 Å². The number of hydrogen-bond acceptors (Lipinski definition) is 2. The largest absolute Gasteiger partial charge is 0.381 e. The molecule has 0 bridgehead atoms. The highest BCUT2D eigenvalue weighted by Gasteiger charge is 1.94. The summed E-state index contributed by atoms with van der Waals surface area (Å²) in [7, 11) is 0. The monoisotopic (exact) mass is 269 g/mol. The highest BCUT2D eigenvalue weighted by molar-refractivity contribution is 5.73. The van der Waals surface area contributed by atoms with Crippen LogP contribution >= 0.6 is 0 Å². The van der Waals surface area contributed by atoms with Crippen molar-refractivity contribution < 1.29 is 9.53 Å². The first-order chi connectivity index (χ1) is 9.16. The smallest absolute Gasteiger partial charge is 0.217 e. The molecule has 0 aromatic carbocycles. The predicted octanol–water partition coefficient (Wildman–Crippen LogP) is 4.01. The van der Waals surface area contributed by atoms with Crippen molar-refractivity contribution in [1.29, 1.82) is 0 Å². The molecule has 0 atom stereocenters. The molecule has 0 aliphatic carbocycles. The number of hydrogen-bond donors (Lipinski definition) is 1. The summed E-state index contributed by atoms with van der Waals surface area (Å²) >= 11 is 0. The third kappa shape index (κ3) is 26.3. The van der Waals surface area contributed by atoms with Crippen molar-refractivity contribution in [1.82, 2.24) is 0 Å². The molecule has 3 heteroatoms. The lowest BCUT2D eigenvalue weighted by atomic mass is 10.2. The Morgan fingerprint density at radius 3 is 2.21 bits per heavy atom. The van der Waals surface area contributed by atoms with Crippen molar-refractivity contribution in [2.24, 2.45) is 5.73 Å². The van der Waals surface area contributed by atoms with Crippen LogP contribution in [-0.2, 0) is 9.53 Å². The molecule has 0 heterocycles. The fraction of sp³-hybridized carbons (Fsp3) is 0.562. The summed E-state index contributed by atoms with van der Waals surface area (Å²) in [6.07, 6.45) is 7.32. The van der Waals surface area contributed by atoms with E-state index in [4.69, 9.17) is 10.5 Å². The van der Waals surface area contributed by atoms with Gasteiger partial charge in [-0.1, -0.05) is 64.7 Å². The Morgan fingerprint density at radius 1 is 1.16 bits per heavy atom. The van der Waals surface area contributed by atoms with Crippen molar-refractivity contribution >= 4 is 5.91 Å². The molecule has 0 saturated heterocycles. The molecule has 0 aliphatic heterocycles. The van der Waals surface area contributed by atoms with Gasteiger partial charge >= 0.3 is 0 Å². The van der Waals surface area contributed by atoms with Gasteiger partial charge in [0.2, 0.25) is 5.91 Å². The van der Waals surface area contributed by atoms with Crippen LogP contribution in [0.25, 0.3) is 0 Å². The van der Waals surface area contributed by atoms with Crippen LogP contribution in [0.2, 0.25) is 0 Å². The minimum atomic E-state index is -0.281. The van der Waals surface area contributed by atoms with Gasteiger partial charge in [-0.25, -0.2) is 0 Å². The number of primary amides is 1. The molecule has 0 rings (SSSR count). The maximum absolute atomic E-state index is 10.4. The zero-order valence-electron chi connectivity index (χ0n) is 13.1. The van der Waals surface area contributed by atoms with Crippen LogP contribution in [0.4, 0.5) is 0 Å². The molecular weight excluding hydrogens is 238 g/mol. The molecule has 0 radical (unpaired) electrons. The molecule has 0 saturated carbocycles. The fourth-order valence-electron chi connectivity index (χ4n) is 0.941. The van der Waals surface area contributed by atoms with Crippen LogP contribution < -0.4 is 5.73 Å². The first kappa shape index (κ1) is 22.8. The van der Waals surface area contributed by atoms with Gasteiger partial charge in [0.1, 0.15) is 0 Å². The molecule has 3 nitrogen and oxygen atoms in total. The summed E-state index contributed by atoms with van der Waals surface area (Å²) in [5, 5.41) is 0. The minimum absolute atomic E-state index is 0.281. The summed E-state index contributed by atoms with van der Waals surface area (Å²) in [6, 6.07) is 0. The fourth-order valence-corrected chi connectivity index (χ4v) is 0.941. The first-order valence-electron chi connectivity index (χ1n) is 6.99. The molecule has 0 spiro atoms. The Labute approximate surface area is 119 Å². The lowest BCUT2D eigenvalue weighted by Gasteiger charge is -2.02. The van der Waals surface area contributed by atoms with E-state index in [9.17, 15) is 4.79 Å². The maximum atomic E-state index is 10.4. The zero-order chi connectivity index (χ0) is 15.5. The molecule has 0 aromatic heterocycles. The lowest BCUT2D eigenvalue weighted by molar-refractivity contribution is -0.118. The van der Waals surface area contributed by atoms with Gasteiger partial charge in [-0.15, -0.1) is 0 Å². The van der Waals surface area contributed by atoms with Crippen LogP contribution in [0.1, 0.15) is 47.0 Å². The molecular formula is C16H31NO2. The van der Waals surface area contributed by atoms with E-state index >= 15 is 0 Å². The molecule has 2 N–H and O–H groups in total. The normalized spacial score (nSPS) is 8.84. The van der Waals surface area contributed by atoms with E-state index in [2.05, 4.69) is 13.2 Å². The molecule has 0 fully saturated rings.